The average molecular weight is 1710 g/mol. The number of piperazine rings is 5. The summed E-state index contributed by atoms with van der Waals surface area (Å²) >= 11 is 4.89. The summed E-state index contributed by atoms with van der Waals surface area (Å²) in [5, 5.41) is 31.0. The van der Waals surface area contributed by atoms with Crippen molar-refractivity contribution in [2.45, 2.75) is 230 Å². The third-order valence-corrected chi connectivity index (χ3v) is 28.7. The lowest BCUT2D eigenvalue weighted by atomic mass is 10.1. The van der Waals surface area contributed by atoms with Crippen LogP contribution in [0.1, 0.15) is 147 Å². The standard InChI is InChI=1S/C20H26N4O2S.C16H22N2O3S.C15H20N2O3S.C11H19NO2.2C10H18N2O2.C5H8O2/c1-14(20(26)23-6-2-4-15(23)10-21)11-22-12-17-8-16(22)13-24(17)19(25)9-18-5-3-7-27-18;1-11(16(20)21-2)8-17-9-13-6-12(17)10-18(13)15(19)7-14-4-3-5-22-14;1-10(15(19)20)7-16-8-12-5-11(16)9-17(12)14(18)6-13-3-2-4-21-13;1-8(11(13)14-2)6-12-7-9-3-4-10(12)5-9;1-10(2,3)14-9(13)12-6-7-4-8(12)5-11-7;1-7(10(13)14-2)5-12-6-8-3-9(12)4-11-8;1-7-5(6)4-2-3-4/h3,5,7,14-17H,2,4,6,8-9,11-13H2,1H3;3-5,11-13H,6-10H2,1-2H3;2-4,10-12H,5-9H2,1H3,(H,19,20);8-10H,3-7H2,1-2H3;7-8,11H,4-6H2,1-3H3;7-9,11H,3-6H2,1-2H3;4H,2-3H2,1H3/t14-,15-,16-,17-;11-,12-,13-;10-,11-,12-;8-,9-,10+;7-,8-;7-,8-,9-;/m000000./s1. The van der Waals surface area contributed by atoms with Gasteiger partial charge < -0.3 is 63.9 Å². The van der Waals surface area contributed by atoms with Gasteiger partial charge in [0.25, 0.3) is 0 Å². The number of amides is 5. The Morgan fingerprint density at radius 3 is 1.19 bits per heavy atom. The summed E-state index contributed by atoms with van der Waals surface area (Å²) in [5.74, 6) is 0.272. The van der Waals surface area contributed by atoms with E-state index in [1.54, 1.807) is 45.8 Å². The van der Waals surface area contributed by atoms with E-state index in [2.05, 4.69) is 45.9 Å². The number of thiophene rings is 3. The minimum Gasteiger partial charge on any atom is -0.481 e. The summed E-state index contributed by atoms with van der Waals surface area (Å²) < 4.78 is 24.0. The molecule has 29 nitrogen and oxygen atoms in total. The van der Waals surface area contributed by atoms with Crippen LogP contribution in [0.25, 0.3) is 0 Å². The smallest absolute Gasteiger partial charge is 0.410 e. The summed E-state index contributed by atoms with van der Waals surface area (Å²) in [5.41, 5.74) is -0.383. The number of esters is 4. The van der Waals surface area contributed by atoms with Crippen LogP contribution in [0.15, 0.2) is 52.5 Å². The molecule has 32 heteroatoms. The lowest BCUT2D eigenvalue weighted by Crippen LogP contribution is -2.51. The zero-order valence-corrected chi connectivity index (χ0v) is 74.5. The van der Waals surface area contributed by atoms with E-state index >= 15 is 0 Å². The Morgan fingerprint density at radius 2 is 0.882 bits per heavy atom. The first-order valence-corrected chi connectivity index (χ1v) is 45.9. The van der Waals surface area contributed by atoms with E-state index in [1.165, 1.54) is 60.7 Å². The number of nitriles is 1. The normalized spacial score (nSPS) is 28.4. The van der Waals surface area contributed by atoms with Crippen molar-refractivity contribution in [1.29, 1.82) is 5.26 Å². The Kier molecular flexibility index (Phi) is 33.2. The zero-order chi connectivity index (χ0) is 85.5. The minimum atomic E-state index is -0.747. The Labute approximate surface area is 715 Å². The molecule has 12 bridgehead atoms. The number of carbonyl (C=O) groups is 10. The maximum atomic E-state index is 12.7. The number of methoxy groups -OCH3 is 4. The topological polar surface area (TPSA) is 317 Å². The Hall–Kier alpha value is -7.19. The van der Waals surface area contributed by atoms with E-state index in [1.807, 2.05) is 121 Å². The highest BCUT2D eigenvalue weighted by Crippen LogP contribution is 2.39. The number of hydrogen-bond acceptors (Lipinski definition) is 26. The number of piperidine rings is 1. The lowest BCUT2D eigenvalue weighted by Gasteiger charge is -2.36. The molecule has 18 atom stereocenters. The van der Waals surface area contributed by atoms with Gasteiger partial charge in [-0.05, 0) is 138 Å². The maximum absolute atomic E-state index is 12.7. The number of carboxylic acids is 1. The average Bonchev–Trinajstić information content (AvgIpc) is 1.61. The van der Waals surface area contributed by atoms with Gasteiger partial charge in [0, 0.05) is 198 Å². The van der Waals surface area contributed by atoms with Gasteiger partial charge in [-0.1, -0.05) is 52.8 Å². The summed E-state index contributed by atoms with van der Waals surface area (Å²) in [4.78, 5) is 142. The molecular weight excluding hydrogens is 1580 g/mol. The molecule has 658 valence electrons. The number of hydrogen-bond donors (Lipinski definition) is 3. The second-order valence-corrected chi connectivity index (χ2v) is 39.4. The third kappa shape index (κ3) is 25.1. The molecule has 0 radical (unpaired) electrons. The summed E-state index contributed by atoms with van der Waals surface area (Å²) in [6.45, 7) is 29.7. The molecule has 2 aliphatic carbocycles. The predicted molar refractivity (Wildman–Crippen MR) is 453 cm³/mol. The van der Waals surface area contributed by atoms with E-state index < -0.39 is 5.97 Å². The van der Waals surface area contributed by atoms with Crippen LogP contribution < -0.4 is 10.6 Å². The molecule has 12 saturated heterocycles. The third-order valence-electron chi connectivity index (χ3n) is 26.1. The Morgan fingerprint density at radius 1 is 0.462 bits per heavy atom. The molecule has 0 unspecified atom stereocenters. The fraction of sp³-hybridized carbons (Fsp3) is 0.736. The van der Waals surface area contributed by atoms with Crippen LogP contribution in [-0.2, 0) is 86.1 Å². The number of nitrogens with one attached hydrogen (secondary N) is 2. The summed E-state index contributed by atoms with van der Waals surface area (Å²) in [6, 6.07) is 18.8. The molecule has 15 heterocycles. The van der Waals surface area contributed by atoms with Crippen LogP contribution in [-0.4, -0.2) is 331 Å². The SMILES string of the molecule is CC(C)(C)OC(=O)N1C[C@@H]2C[C@H]1CN2.COC(=O)C1CC1.COC(=O)[C@@H](C)CN1C[C@@H]2C[C@H]1CN2.COC(=O)[C@@H](C)CN1C[C@@H]2C[C@H]1CN2C(=O)Cc1cccs1.COC(=O)[C@@H](C)CN1C[C@H]2CC[C@@H]1C2.C[C@@H](CN1C[C@@H]2C[C@H]1CN2C(=O)Cc1cccs1)C(=O)N1CCC[C@H]1C#N.C[C@@H](CN1C[C@@H]2C[C@H]1CN2C(=O)Cc1cccs1)C(=O)O. The molecule has 14 aliphatic rings. The fourth-order valence-corrected chi connectivity index (χ4v) is 21.8. The van der Waals surface area contributed by atoms with Crippen LogP contribution in [0.2, 0.25) is 0 Å². The van der Waals surface area contributed by atoms with E-state index in [9.17, 15) is 53.2 Å². The van der Waals surface area contributed by atoms with Crippen LogP contribution in [0.5, 0.6) is 0 Å². The Balaban J connectivity index is 0.000000140. The van der Waals surface area contributed by atoms with Gasteiger partial charge in [-0.2, -0.15) is 5.26 Å². The second kappa shape index (κ2) is 42.7. The van der Waals surface area contributed by atoms with Crippen molar-refractivity contribution < 1.29 is 76.7 Å². The first kappa shape index (κ1) is 92.5. The molecule has 3 N–H and O–H groups in total. The van der Waals surface area contributed by atoms with Gasteiger partial charge in [0.1, 0.15) is 11.6 Å². The Bertz CT molecular complexity index is 3870. The van der Waals surface area contributed by atoms with Crippen LogP contribution in [0.3, 0.4) is 0 Å². The number of rotatable bonds is 22. The number of carbonyl (C=O) groups excluding carboxylic acids is 9. The highest BCUT2D eigenvalue weighted by Gasteiger charge is 2.50. The number of likely N-dealkylation sites (tertiary alicyclic amines) is 10. The number of ether oxygens (including phenoxy) is 5. The summed E-state index contributed by atoms with van der Waals surface area (Å²) in [6.07, 6.45) is 14.6. The zero-order valence-electron chi connectivity index (χ0n) is 72.0. The van der Waals surface area contributed by atoms with Gasteiger partial charge in [-0.25, -0.2) is 4.79 Å². The van der Waals surface area contributed by atoms with Gasteiger partial charge in [-0.15, -0.1) is 34.0 Å². The van der Waals surface area contributed by atoms with E-state index in [0.29, 0.717) is 80.7 Å². The molecule has 3 aromatic heterocycles. The molecule has 119 heavy (non-hydrogen) atoms. The monoisotopic (exact) mass is 1710 g/mol. The lowest BCUT2D eigenvalue weighted by molar-refractivity contribution is -0.146. The number of nitrogens with zero attached hydrogens (tertiary/aromatic N) is 11. The maximum Gasteiger partial charge on any atom is 0.410 e. The highest BCUT2D eigenvalue weighted by atomic mass is 32.1. The summed E-state index contributed by atoms with van der Waals surface area (Å²) in [7, 11) is 5.78. The van der Waals surface area contributed by atoms with E-state index in [0.717, 1.165) is 170 Å². The number of fused-ring (bicyclic) bond motifs is 12. The van der Waals surface area contributed by atoms with Crippen LogP contribution in [0.4, 0.5) is 4.79 Å². The molecule has 2 saturated carbocycles. The number of carboxylic acid groups (broad SMARTS) is 1. The molecular formula is C87H131N13O16S3. The molecule has 0 aromatic carbocycles. The van der Waals surface area contributed by atoms with Crippen molar-refractivity contribution in [3.05, 3.63) is 67.2 Å². The van der Waals surface area contributed by atoms with Gasteiger partial charge >= 0.3 is 35.9 Å². The predicted octanol–water partition coefficient (Wildman–Crippen LogP) is 7.07. The van der Waals surface area contributed by atoms with Crippen molar-refractivity contribution in [2.75, 3.05) is 140 Å². The van der Waals surface area contributed by atoms with Gasteiger partial charge in [-0.3, -0.25) is 67.7 Å². The fourth-order valence-electron chi connectivity index (χ4n) is 19.7. The van der Waals surface area contributed by atoms with E-state index in [4.69, 9.17) is 24.1 Å². The second-order valence-electron chi connectivity index (χ2n) is 36.3. The molecule has 5 amide bonds. The van der Waals surface area contributed by atoms with Crippen LogP contribution >= 0.6 is 34.0 Å². The van der Waals surface area contributed by atoms with Crippen molar-refractivity contribution in [2.24, 2.45) is 41.4 Å². The van der Waals surface area contributed by atoms with Gasteiger partial charge in [0.15, 0.2) is 0 Å². The largest absolute Gasteiger partial charge is 0.481 e. The molecule has 12 aliphatic heterocycles. The quantitative estimate of drug-likeness (QED) is 0.0669. The first-order chi connectivity index (χ1) is 56.9. The van der Waals surface area contributed by atoms with Crippen molar-refractivity contribution in [1.82, 2.24) is 59.6 Å². The minimum absolute atomic E-state index is 0.000602. The molecule has 0 spiro atoms. The van der Waals surface area contributed by atoms with Crippen LogP contribution in [0, 0.1) is 52.8 Å². The molecule has 3 aromatic rings. The van der Waals surface area contributed by atoms with Gasteiger partial charge in [0.2, 0.25) is 23.6 Å². The molecule has 17 rings (SSSR count). The number of aliphatic carboxylic acids is 1. The highest BCUT2D eigenvalue weighted by molar-refractivity contribution is 7.10. The van der Waals surface area contributed by atoms with Crippen molar-refractivity contribution in [3.8, 4) is 6.07 Å². The van der Waals surface area contributed by atoms with Gasteiger partial charge in [0.05, 0.1) is 83.4 Å². The first-order valence-electron chi connectivity index (χ1n) is 43.3. The van der Waals surface area contributed by atoms with Crippen molar-refractivity contribution >= 4 is 93.6 Å². The van der Waals surface area contributed by atoms with Crippen molar-refractivity contribution in [3.63, 3.8) is 0 Å². The molecule has 14 fully saturated rings. The van der Waals surface area contributed by atoms with E-state index in [-0.39, 0.29) is 113 Å².